The van der Waals surface area contributed by atoms with Gasteiger partial charge in [0.15, 0.2) is 11.5 Å². The van der Waals surface area contributed by atoms with E-state index in [1.807, 2.05) is 30.3 Å². The van der Waals surface area contributed by atoms with Gasteiger partial charge in [0.2, 0.25) is 0 Å². The third-order valence-corrected chi connectivity index (χ3v) is 9.21. The number of methoxy groups -OCH3 is 2. The highest BCUT2D eigenvalue weighted by Crippen LogP contribution is 2.50. The maximum atomic E-state index is 13.1. The summed E-state index contributed by atoms with van der Waals surface area (Å²) in [6.45, 7) is 1.89. The highest BCUT2D eigenvalue weighted by Gasteiger charge is 2.47. The molecule has 8 heteroatoms. The quantitative estimate of drug-likeness (QED) is 0.280. The van der Waals surface area contributed by atoms with Gasteiger partial charge >= 0.3 is 5.97 Å². The first-order valence-electron chi connectivity index (χ1n) is 14.6. The number of esters is 1. The fourth-order valence-corrected chi connectivity index (χ4v) is 6.95. The molecular formula is C34H36N2O6. The predicted molar refractivity (Wildman–Crippen MR) is 157 cm³/mol. The number of ether oxygens (including phenoxy) is 3. The lowest BCUT2D eigenvalue weighted by Crippen LogP contribution is -2.55. The number of benzene rings is 3. The molecule has 1 aliphatic carbocycles. The minimum absolute atomic E-state index is 0.158. The summed E-state index contributed by atoms with van der Waals surface area (Å²) in [5, 5.41) is 0. The number of fused-ring (bicyclic) bond motifs is 3. The Balaban J connectivity index is 1.23. The first-order valence-corrected chi connectivity index (χ1v) is 14.6. The molecule has 0 saturated heterocycles. The molecule has 6 rings (SSSR count). The van der Waals surface area contributed by atoms with E-state index in [1.165, 1.54) is 16.0 Å². The molecule has 1 saturated carbocycles. The average molecular weight is 569 g/mol. The number of imide groups is 1. The molecule has 0 N–H and O–H groups in total. The van der Waals surface area contributed by atoms with Gasteiger partial charge in [0, 0.05) is 25.2 Å². The first-order chi connectivity index (χ1) is 20.4. The molecule has 3 aromatic carbocycles. The summed E-state index contributed by atoms with van der Waals surface area (Å²) in [5.74, 6) is 0.556. The molecule has 42 heavy (non-hydrogen) atoms. The molecule has 3 aliphatic rings. The van der Waals surface area contributed by atoms with Gasteiger partial charge in [0.1, 0.15) is 6.61 Å². The Hall–Kier alpha value is -4.17. The Kier molecular flexibility index (Phi) is 7.73. The third kappa shape index (κ3) is 4.94. The molecule has 8 nitrogen and oxygen atoms in total. The molecule has 0 bridgehead atoms. The minimum Gasteiger partial charge on any atom is -0.493 e. The Morgan fingerprint density at radius 2 is 1.48 bits per heavy atom. The van der Waals surface area contributed by atoms with Crippen molar-refractivity contribution in [3.63, 3.8) is 0 Å². The van der Waals surface area contributed by atoms with E-state index in [0.29, 0.717) is 48.6 Å². The number of nitrogens with zero attached hydrogens (tertiary/aromatic N) is 2. The van der Waals surface area contributed by atoms with Crippen LogP contribution in [-0.2, 0) is 28.1 Å². The molecular weight excluding hydrogens is 532 g/mol. The number of amides is 2. The van der Waals surface area contributed by atoms with Gasteiger partial charge in [-0.05, 0) is 73.1 Å². The van der Waals surface area contributed by atoms with Crippen LogP contribution in [0.5, 0.6) is 11.5 Å². The standard InChI is InChI=1S/C34H36N2O6/c1-40-29-20-25-14-17-35(18-19-36-31(37)26-10-6-7-11-27(26)32(36)38)34(28(25)21-30(29)41-2)15-12-24(13-16-34)33(39)42-22-23-8-4-3-5-9-23/h3-11,20-21,24H,12-19,22H2,1-2H3. The fraction of sp³-hybridized carbons (Fsp3) is 0.382. The van der Waals surface area contributed by atoms with Crippen molar-refractivity contribution >= 4 is 17.8 Å². The zero-order valence-corrected chi connectivity index (χ0v) is 24.1. The normalized spacial score (nSPS) is 21.7. The highest BCUT2D eigenvalue weighted by molar-refractivity contribution is 6.21. The van der Waals surface area contributed by atoms with Crippen molar-refractivity contribution < 1.29 is 28.6 Å². The SMILES string of the molecule is COc1cc2c(cc1OC)C1(CCC(C(=O)OCc3ccccc3)CC1)N(CCN1C(=O)c3ccccc3C1=O)CC2. The molecule has 3 aromatic rings. The molecule has 2 amide bonds. The molecule has 2 heterocycles. The zero-order valence-electron chi connectivity index (χ0n) is 24.1. The maximum absolute atomic E-state index is 13.1. The summed E-state index contributed by atoms with van der Waals surface area (Å²) in [5.41, 5.74) is 3.92. The summed E-state index contributed by atoms with van der Waals surface area (Å²) >= 11 is 0. The van der Waals surface area contributed by atoms with E-state index in [1.54, 1.807) is 38.5 Å². The van der Waals surface area contributed by atoms with E-state index in [4.69, 9.17) is 14.2 Å². The lowest BCUT2D eigenvalue weighted by atomic mass is 9.68. The predicted octanol–water partition coefficient (Wildman–Crippen LogP) is 4.99. The summed E-state index contributed by atoms with van der Waals surface area (Å²) < 4.78 is 17.0. The van der Waals surface area contributed by atoms with Crippen LogP contribution in [-0.4, -0.2) is 61.4 Å². The number of rotatable bonds is 8. The third-order valence-electron chi connectivity index (χ3n) is 9.21. The second-order valence-corrected chi connectivity index (χ2v) is 11.3. The van der Waals surface area contributed by atoms with Crippen LogP contribution < -0.4 is 9.47 Å². The topological polar surface area (TPSA) is 85.4 Å². The van der Waals surface area contributed by atoms with Gasteiger partial charge in [-0.25, -0.2) is 0 Å². The molecule has 0 atom stereocenters. The maximum Gasteiger partial charge on any atom is 0.309 e. The Bertz CT molecular complexity index is 1460. The lowest BCUT2D eigenvalue weighted by molar-refractivity contribution is -0.152. The summed E-state index contributed by atoms with van der Waals surface area (Å²) in [4.78, 5) is 43.0. The van der Waals surface area contributed by atoms with Gasteiger partial charge in [-0.2, -0.15) is 0 Å². The number of carbonyl (C=O) groups is 3. The monoisotopic (exact) mass is 568 g/mol. The van der Waals surface area contributed by atoms with Crippen molar-refractivity contribution in [2.75, 3.05) is 33.9 Å². The van der Waals surface area contributed by atoms with Crippen molar-refractivity contribution in [2.24, 2.45) is 5.92 Å². The Labute approximate surface area is 246 Å². The first kappa shape index (κ1) is 28.0. The van der Waals surface area contributed by atoms with Crippen LogP contribution in [0.3, 0.4) is 0 Å². The average Bonchev–Trinajstić information content (AvgIpc) is 3.28. The fourth-order valence-electron chi connectivity index (χ4n) is 6.95. The van der Waals surface area contributed by atoms with Crippen LogP contribution in [0.1, 0.15) is 63.1 Å². The van der Waals surface area contributed by atoms with Gasteiger partial charge in [0.05, 0.1) is 31.3 Å². The van der Waals surface area contributed by atoms with Crippen molar-refractivity contribution in [3.05, 3.63) is 94.5 Å². The van der Waals surface area contributed by atoms with E-state index in [0.717, 1.165) is 31.4 Å². The van der Waals surface area contributed by atoms with Gasteiger partial charge in [0.25, 0.3) is 11.8 Å². The molecule has 0 radical (unpaired) electrons. The smallest absolute Gasteiger partial charge is 0.309 e. The van der Waals surface area contributed by atoms with Crippen LogP contribution in [0.4, 0.5) is 0 Å². The van der Waals surface area contributed by atoms with Gasteiger partial charge in [-0.3, -0.25) is 24.2 Å². The van der Waals surface area contributed by atoms with Gasteiger partial charge in [-0.15, -0.1) is 0 Å². The van der Waals surface area contributed by atoms with E-state index in [9.17, 15) is 14.4 Å². The van der Waals surface area contributed by atoms with Crippen molar-refractivity contribution in [1.29, 1.82) is 0 Å². The molecule has 2 aliphatic heterocycles. The highest BCUT2D eigenvalue weighted by atomic mass is 16.5. The van der Waals surface area contributed by atoms with Crippen LogP contribution in [0.2, 0.25) is 0 Å². The Morgan fingerprint density at radius 1 is 0.857 bits per heavy atom. The van der Waals surface area contributed by atoms with Crippen LogP contribution in [0.25, 0.3) is 0 Å². The van der Waals surface area contributed by atoms with E-state index in [-0.39, 0.29) is 35.8 Å². The van der Waals surface area contributed by atoms with E-state index >= 15 is 0 Å². The number of carbonyl (C=O) groups excluding carboxylic acids is 3. The number of hydrogen-bond acceptors (Lipinski definition) is 7. The lowest BCUT2D eigenvalue weighted by Gasteiger charge is -2.52. The van der Waals surface area contributed by atoms with Crippen molar-refractivity contribution in [2.45, 2.75) is 44.2 Å². The molecule has 1 spiro atoms. The van der Waals surface area contributed by atoms with E-state index < -0.39 is 0 Å². The van der Waals surface area contributed by atoms with Crippen LogP contribution in [0.15, 0.2) is 66.7 Å². The zero-order chi connectivity index (χ0) is 29.3. The largest absolute Gasteiger partial charge is 0.493 e. The summed E-state index contributed by atoms with van der Waals surface area (Å²) in [6.07, 6.45) is 3.68. The van der Waals surface area contributed by atoms with E-state index in [2.05, 4.69) is 17.0 Å². The Morgan fingerprint density at radius 3 is 2.12 bits per heavy atom. The molecule has 1 fully saturated rings. The second kappa shape index (κ2) is 11.6. The molecule has 0 unspecified atom stereocenters. The second-order valence-electron chi connectivity index (χ2n) is 11.3. The van der Waals surface area contributed by atoms with Crippen LogP contribution >= 0.6 is 0 Å². The van der Waals surface area contributed by atoms with Gasteiger partial charge < -0.3 is 14.2 Å². The number of hydrogen-bond donors (Lipinski definition) is 0. The van der Waals surface area contributed by atoms with Gasteiger partial charge in [-0.1, -0.05) is 42.5 Å². The van der Waals surface area contributed by atoms with Crippen LogP contribution in [0, 0.1) is 5.92 Å². The molecule has 218 valence electrons. The molecule has 0 aromatic heterocycles. The van der Waals surface area contributed by atoms with Crippen molar-refractivity contribution in [1.82, 2.24) is 9.80 Å². The summed E-state index contributed by atoms with van der Waals surface area (Å²) in [6, 6.07) is 20.9. The van der Waals surface area contributed by atoms with Crippen molar-refractivity contribution in [3.8, 4) is 11.5 Å². The summed E-state index contributed by atoms with van der Waals surface area (Å²) in [7, 11) is 3.28. The minimum atomic E-state index is -0.359.